The maximum absolute atomic E-state index is 12.6. The summed E-state index contributed by atoms with van der Waals surface area (Å²) in [7, 11) is -3.81. The van der Waals surface area contributed by atoms with E-state index in [-0.39, 0.29) is 23.5 Å². The minimum Gasteiger partial charge on any atom is -0.481 e. The summed E-state index contributed by atoms with van der Waals surface area (Å²) in [5.41, 5.74) is 1.47. The fourth-order valence-corrected chi connectivity index (χ4v) is 3.60. The first-order chi connectivity index (χ1) is 12.7. The van der Waals surface area contributed by atoms with Crippen molar-refractivity contribution >= 4 is 21.9 Å². The second-order valence-corrected chi connectivity index (χ2v) is 7.98. The molecule has 0 saturated carbocycles. The summed E-state index contributed by atoms with van der Waals surface area (Å²) >= 11 is 0. The topological polar surface area (TPSA) is 113 Å². The standard InChI is InChI=1S/C19H22N2O5S/c1-13-8-9-16(18(22)20-11-14(2)19(23)24)10-17(13)27(25,26)21-12-15-6-4-3-5-7-15/h3-10,14,21H,11-12H2,1-2H3,(H,20,22)(H,23,24). The van der Waals surface area contributed by atoms with Gasteiger partial charge in [0.1, 0.15) is 0 Å². The molecular formula is C19H22N2O5S. The Morgan fingerprint density at radius 1 is 1.11 bits per heavy atom. The molecule has 2 rings (SSSR count). The lowest BCUT2D eigenvalue weighted by Gasteiger charge is -2.12. The van der Waals surface area contributed by atoms with Crippen molar-refractivity contribution in [3.63, 3.8) is 0 Å². The van der Waals surface area contributed by atoms with Crippen LogP contribution in [0.2, 0.25) is 0 Å². The van der Waals surface area contributed by atoms with Gasteiger partial charge >= 0.3 is 5.97 Å². The highest BCUT2D eigenvalue weighted by Gasteiger charge is 2.20. The number of aliphatic carboxylic acids is 1. The van der Waals surface area contributed by atoms with E-state index in [1.54, 1.807) is 13.0 Å². The van der Waals surface area contributed by atoms with Crippen LogP contribution in [0.3, 0.4) is 0 Å². The molecule has 0 bridgehead atoms. The molecule has 1 atom stereocenters. The third kappa shape index (κ3) is 5.63. The summed E-state index contributed by atoms with van der Waals surface area (Å²) in [5.74, 6) is -2.29. The number of sulfonamides is 1. The molecule has 27 heavy (non-hydrogen) atoms. The van der Waals surface area contributed by atoms with Crippen LogP contribution in [0.4, 0.5) is 0 Å². The van der Waals surface area contributed by atoms with E-state index in [0.717, 1.165) is 5.56 Å². The minimum absolute atomic E-state index is 0.0114. The van der Waals surface area contributed by atoms with Gasteiger partial charge in [-0.1, -0.05) is 43.3 Å². The van der Waals surface area contributed by atoms with Crippen LogP contribution in [0, 0.1) is 12.8 Å². The number of carboxylic acids is 1. The summed E-state index contributed by atoms with van der Waals surface area (Å²) in [4.78, 5) is 23.1. The van der Waals surface area contributed by atoms with Gasteiger partial charge in [0.25, 0.3) is 5.91 Å². The molecule has 1 unspecified atom stereocenters. The van der Waals surface area contributed by atoms with E-state index in [1.165, 1.54) is 19.1 Å². The van der Waals surface area contributed by atoms with Gasteiger partial charge < -0.3 is 10.4 Å². The van der Waals surface area contributed by atoms with Crippen LogP contribution in [0.5, 0.6) is 0 Å². The zero-order valence-corrected chi connectivity index (χ0v) is 15.9. The summed E-state index contributed by atoms with van der Waals surface area (Å²) in [6, 6.07) is 13.4. The number of amides is 1. The van der Waals surface area contributed by atoms with Gasteiger partial charge in [0, 0.05) is 18.7 Å². The molecule has 144 valence electrons. The summed E-state index contributed by atoms with van der Waals surface area (Å²) < 4.78 is 27.8. The van der Waals surface area contributed by atoms with E-state index in [4.69, 9.17) is 5.11 Å². The Morgan fingerprint density at radius 2 is 1.78 bits per heavy atom. The predicted octanol–water partition coefficient (Wildman–Crippen LogP) is 1.92. The number of carboxylic acid groups (broad SMARTS) is 1. The molecule has 3 N–H and O–H groups in total. The molecule has 0 saturated heterocycles. The summed E-state index contributed by atoms with van der Waals surface area (Å²) in [6.07, 6.45) is 0. The van der Waals surface area contributed by atoms with Gasteiger partial charge in [-0.05, 0) is 30.2 Å². The van der Waals surface area contributed by atoms with Crippen LogP contribution in [-0.2, 0) is 21.4 Å². The molecule has 0 spiro atoms. The monoisotopic (exact) mass is 390 g/mol. The highest BCUT2D eigenvalue weighted by Crippen LogP contribution is 2.18. The Morgan fingerprint density at radius 3 is 2.41 bits per heavy atom. The molecule has 8 heteroatoms. The number of carbonyl (C=O) groups excluding carboxylic acids is 1. The molecule has 0 aliphatic carbocycles. The molecule has 0 aliphatic rings. The van der Waals surface area contributed by atoms with Crippen LogP contribution in [-0.4, -0.2) is 31.9 Å². The van der Waals surface area contributed by atoms with Crippen molar-refractivity contribution in [2.45, 2.75) is 25.3 Å². The highest BCUT2D eigenvalue weighted by molar-refractivity contribution is 7.89. The van der Waals surface area contributed by atoms with E-state index in [1.807, 2.05) is 30.3 Å². The zero-order valence-electron chi connectivity index (χ0n) is 15.1. The van der Waals surface area contributed by atoms with Crippen LogP contribution >= 0.6 is 0 Å². The average Bonchev–Trinajstić information content (AvgIpc) is 2.65. The van der Waals surface area contributed by atoms with Gasteiger partial charge in [-0.2, -0.15) is 0 Å². The molecule has 1 amide bonds. The number of carbonyl (C=O) groups is 2. The van der Waals surface area contributed by atoms with Crippen LogP contribution in [0.25, 0.3) is 0 Å². The van der Waals surface area contributed by atoms with Gasteiger partial charge in [-0.15, -0.1) is 0 Å². The fourth-order valence-electron chi connectivity index (χ4n) is 2.32. The Bertz CT molecular complexity index is 926. The zero-order chi connectivity index (χ0) is 20.0. The Balaban J connectivity index is 2.15. The highest BCUT2D eigenvalue weighted by atomic mass is 32.2. The van der Waals surface area contributed by atoms with Crippen molar-refractivity contribution in [2.24, 2.45) is 5.92 Å². The predicted molar refractivity (Wildman–Crippen MR) is 101 cm³/mol. The number of hydrogen-bond acceptors (Lipinski definition) is 4. The molecular weight excluding hydrogens is 368 g/mol. The number of rotatable bonds is 8. The van der Waals surface area contributed by atoms with E-state index in [9.17, 15) is 18.0 Å². The maximum atomic E-state index is 12.6. The van der Waals surface area contributed by atoms with Crippen molar-refractivity contribution in [1.29, 1.82) is 0 Å². The normalized spacial score (nSPS) is 12.4. The molecule has 2 aromatic carbocycles. The number of aryl methyl sites for hydroxylation is 1. The second-order valence-electron chi connectivity index (χ2n) is 6.24. The first-order valence-corrected chi connectivity index (χ1v) is 9.84. The fraction of sp³-hybridized carbons (Fsp3) is 0.263. The first kappa shape index (κ1) is 20.6. The lowest BCUT2D eigenvalue weighted by molar-refractivity contribution is -0.140. The van der Waals surface area contributed by atoms with E-state index in [0.29, 0.717) is 5.56 Å². The smallest absolute Gasteiger partial charge is 0.308 e. The Kier molecular flexibility index (Phi) is 6.70. The van der Waals surface area contributed by atoms with Crippen molar-refractivity contribution in [1.82, 2.24) is 10.0 Å². The number of benzene rings is 2. The maximum Gasteiger partial charge on any atom is 0.308 e. The quantitative estimate of drug-likeness (QED) is 0.637. The number of nitrogens with one attached hydrogen (secondary N) is 2. The molecule has 7 nitrogen and oxygen atoms in total. The summed E-state index contributed by atoms with van der Waals surface area (Å²) in [5, 5.41) is 11.4. The lowest BCUT2D eigenvalue weighted by Crippen LogP contribution is -2.31. The van der Waals surface area contributed by atoms with E-state index in [2.05, 4.69) is 10.0 Å². The van der Waals surface area contributed by atoms with Crippen molar-refractivity contribution in [2.75, 3.05) is 6.54 Å². The minimum atomic E-state index is -3.81. The van der Waals surface area contributed by atoms with Gasteiger partial charge in [-0.3, -0.25) is 9.59 Å². The lowest BCUT2D eigenvalue weighted by atomic mass is 10.1. The molecule has 0 radical (unpaired) electrons. The Hall–Kier alpha value is -2.71. The van der Waals surface area contributed by atoms with Crippen molar-refractivity contribution < 1.29 is 23.1 Å². The van der Waals surface area contributed by atoms with Gasteiger partial charge in [0.2, 0.25) is 10.0 Å². The molecule has 0 aliphatic heterocycles. The third-order valence-corrected chi connectivity index (χ3v) is 5.58. The molecule has 0 aromatic heterocycles. The van der Waals surface area contributed by atoms with Crippen molar-refractivity contribution in [3.05, 3.63) is 65.2 Å². The number of hydrogen-bond donors (Lipinski definition) is 3. The molecule has 0 fully saturated rings. The van der Waals surface area contributed by atoms with E-state index >= 15 is 0 Å². The van der Waals surface area contributed by atoms with Gasteiger partial charge in [-0.25, -0.2) is 13.1 Å². The molecule has 0 heterocycles. The Labute approximate surface area is 158 Å². The van der Waals surface area contributed by atoms with Gasteiger partial charge in [0.15, 0.2) is 0 Å². The van der Waals surface area contributed by atoms with Gasteiger partial charge in [0.05, 0.1) is 10.8 Å². The third-order valence-electron chi connectivity index (χ3n) is 4.04. The van der Waals surface area contributed by atoms with Crippen LogP contribution in [0.15, 0.2) is 53.4 Å². The SMILES string of the molecule is Cc1ccc(C(=O)NCC(C)C(=O)O)cc1S(=O)(=O)NCc1ccccc1. The average molecular weight is 390 g/mol. The largest absolute Gasteiger partial charge is 0.481 e. The summed E-state index contributed by atoms with van der Waals surface area (Å²) in [6.45, 7) is 3.21. The first-order valence-electron chi connectivity index (χ1n) is 8.36. The van der Waals surface area contributed by atoms with Crippen LogP contribution < -0.4 is 10.0 Å². The van der Waals surface area contributed by atoms with E-state index < -0.39 is 27.8 Å². The van der Waals surface area contributed by atoms with Crippen LogP contribution in [0.1, 0.15) is 28.4 Å². The van der Waals surface area contributed by atoms with Crippen molar-refractivity contribution in [3.8, 4) is 0 Å². The molecule has 2 aromatic rings. The second kappa shape index (κ2) is 8.79.